The highest BCUT2D eigenvalue weighted by Crippen LogP contribution is 2.46. The summed E-state index contributed by atoms with van der Waals surface area (Å²) >= 11 is 6.71. The van der Waals surface area contributed by atoms with Crippen molar-refractivity contribution in [2.75, 3.05) is 47.0 Å². The zero-order valence-corrected chi connectivity index (χ0v) is 25.6. The lowest BCUT2D eigenvalue weighted by molar-refractivity contribution is -0.162. The van der Waals surface area contributed by atoms with Crippen molar-refractivity contribution in [2.24, 2.45) is 22.9 Å². The van der Waals surface area contributed by atoms with Gasteiger partial charge in [0.1, 0.15) is 12.4 Å². The summed E-state index contributed by atoms with van der Waals surface area (Å²) in [5, 5.41) is 12.1. The first-order chi connectivity index (χ1) is 20.0. The summed E-state index contributed by atoms with van der Waals surface area (Å²) in [4.78, 5) is 43.0. The maximum Gasteiger partial charge on any atom is 0.310 e. The van der Waals surface area contributed by atoms with Gasteiger partial charge in [0.15, 0.2) is 0 Å². The highest BCUT2D eigenvalue weighted by molar-refractivity contribution is 6.31. The van der Waals surface area contributed by atoms with Crippen molar-refractivity contribution in [3.05, 3.63) is 39.7 Å². The van der Waals surface area contributed by atoms with Crippen molar-refractivity contribution in [1.29, 1.82) is 0 Å². The number of methoxy groups -OCH3 is 1. The SMILES string of the molecule is COCC/C(=C(/N)COc1ccc(Cl)c2c1C(CN1CCCC1=O)N(C(=O)C1CCCC[C@]1(C)C(=O)O)CC2)N(C)N. The van der Waals surface area contributed by atoms with Crippen LogP contribution in [0, 0.1) is 11.3 Å². The van der Waals surface area contributed by atoms with E-state index in [1.165, 1.54) is 5.01 Å². The van der Waals surface area contributed by atoms with Crippen LogP contribution in [0.15, 0.2) is 23.5 Å². The molecule has 0 aromatic heterocycles. The number of carbonyl (C=O) groups excluding carboxylic acids is 2. The smallest absolute Gasteiger partial charge is 0.310 e. The Morgan fingerprint density at radius 1 is 1.21 bits per heavy atom. The molecule has 2 heterocycles. The number of fused-ring (bicyclic) bond motifs is 1. The first-order valence-electron chi connectivity index (χ1n) is 14.7. The number of rotatable bonds is 11. The lowest BCUT2D eigenvalue weighted by atomic mass is 9.66. The lowest BCUT2D eigenvalue weighted by Gasteiger charge is -2.45. The Morgan fingerprint density at radius 3 is 2.62 bits per heavy atom. The van der Waals surface area contributed by atoms with Crippen LogP contribution in [0.2, 0.25) is 5.02 Å². The van der Waals surface area contributed by atoms with Gasteiger partial charge in [-0.25, -0.2) is 5.84 Å². The minimum atomic E-state index is -1.15. The molecule has 0 bridgehead atoms. The number of benzene rings is 1. The molecule has 5 N–H and O–H groups in total. The van der Waals surface area contributed by atoms with E-state index in [1.807, 2.05) is 0 Å². The van der Waals surface area contributed by atoms with Gasteiger partial charge in [0.05, 0.1) is 35.4 Å². The molecule has 1 saturated heterocycles. The number of carbonyl (C=O) groups is 3. The third-order valence-corrected chi connectivity index (χ3v) is 9.49. The number of carboxylic acids is 1. The average Bonchev–Trinajstić information content (AvgIpc) is 3.36. The van der Waals surface area contributed by atoms with E-state index < -0.39 is 23.3 Å². The fraction of sp³-hybridized carbons (Fsp3) is 0.633. The van der Waals surface area contributed by atoms with Crippen molar-refractivity contribution >= 4 is 29.4 Å². The number of nitrogens with zero attached hydrogens (tertiary/aromatic N) is 3. The van der Waals surface area contributed by atoms with E-state index in [4.69, 9.17) is 32.7 Å². The van der Waals surface area contributed by atoms with Crippen molar-refractivity contribution in [3.63, 3.8) is 0 Å². The van der Waals surface area contributed by atoms with Gasteiger partial charge in [-0.3, -0.25) is 14.4 Å². The minimum absolute atomic E-state index is 0.0352. The Hall–Kier alpha value is -3.02. The van der Waals surface area contributed by atoms with Gasteiger partial charge in [0, 0.05) is 57.2 Å². The second-order valence-corrected chi connectivity index (χ2v) is 12.2. The zero-order chi connectivity index (χ0) is 30.6. The number of hydrogen-bond acceptors (Lipinski definition) is 8. The third-order valence-electron chi connectivity index (χ3n) is 9.14. The van der Waals surface area contributed by atoms with E-state index in [1.54, 1.807) is 43.0 Å². The first kappa shape index (κ1) is 31.9. The van der Waals surface area contributed by atoms with Crippen LogP contribution in [0.25, 0.3) is 0 Å². The molecule has 1 aliphatic carbocycles. The monoisotopic (exact) mass is 605 g/mol. The van der Waals surface area contributed by atoms with Crippen LogP contribution >= 0.6 is 11.6 Å². The summed E-state index contributed by atoms with van der Waals surface area (Å²) < 4.78 is 11.5. The second-order valence-electron chi connectivity index (χ2n) is 11.8. The normalized spacial score (nSPS) is 24.7. The number of halogens is 1. The summed E-state index contributed by atoms with van der Waals surface area (Å²) in [5.41, 5.74) is 7.98. The quantitative estimate of drug-likeness (QED) is 0.255. The Balaban J connectivity index is 1.73. The first-order valence-corrected chi connectivity index (χ1v) is 15.1. The van der Waals surface area contributed by atoms with E-state index in [0.29, 0.717) is 74.0 Å². The van der Waals surface area contributed by atoms with Gasteiger partial charge in [-0.2, -0.15) is 0 Å². The molecule has 1 saturated carbocycles. The van der Waals surface area contributed by atoms with Crippen LogP contribution in [0.1, 0.15) is 69.0 Å². The summed E-state index contributed by atoms with van der Waals surface area (Å²) in [7, 11) is 3.30. The molecule has 42 heavy (non-hydrogen) atoms. The maximum atomic E-state index is 14.3. The Bertz CT molecular complexity index is 1220. The van der Waals surface area contributed by atoms with E-state index >= 15 is 0 Å². The predicted molar refractivity (Wildman–Crippen MR) is 158 cm³/mol. The fourth-order valence-corrected chi connectivity index (χ4v) is 6.91. The van der Waals surface area contributed by atoms with Crippen LogP contribution in [0.3, 0.4) is 0 Å². The molecule has 11 nitrogen and oxygen atoms in total. The number of likely N-dealkylation sites (tertiary alicyclic amines) is 1. The van der Waals surface area contributed by atoms with Crippen LogP contribution in [0.5, 0.6) is 5.75 Å². The molecule has 232 valence electrons. The maximum absolute atomic E-state index is 14.3. The second kappa shape index (κ2) is 13.5. The molecule has 0 radical (unpaired) electrons. The number of hydrogen-bond donors (Lipinski definition) is 3. The molecule has 3 aliphatic rings. The summed E-state index contributed by atoms with van der Waals surface area (Å²) in [5.74, 6) is 4.76. The van der Waals surface area contributed by atoms with Crippen LogP contribution in [-0.4, -0.2) is 84.7 Å². The molecule has 1 aromatic carbocycles. The Morgan fingerprint density at radius 2 is 1.98 bits per heavy atom. The molecule has 0 spiro atoms. The highest BCUT2D eigenvalue weighted by atomic mass is 35.5. The molecule has 2 unspecified atom stereocenters. The largest absolute Gasteiger partial charge is 0.487 e. The molecular formula is C30H44ClN5O6. The molecule has 2 fully saturated rings. The summed E-state index contributed by atoms with van der Waals surface area (Å²) in [6.45, 7) is 3.41. The standard InChI is InChI=1S/C30H44ClN5O6/c1-30(29(39)40)13-5-4-7-20(30)28(38)36-15-11-19-21(31)9-10-25(27(19)24(36)17-35-14-6-8-26(35)37)42-18-22(32)23(34(2)33)12-16-41-3/h9-10,20,24H,4-8,11-18,32-33H2,1-3H3,(H,39,40)/b23-22-/t20?,24?,30-/m0/s1. The molecule has 12 heteroatoms. The van der Waals surface area contributed by atoms with Crippen molar-refractivity contribution in [3.8, 4) is 5.75 Å². The van der Waals surface area contributed by atoms with Gasteiger partial charge < -0.3 is 35.1 Å². The molecule has 3 atom stereocenters. The number of carboxylic acid groups (broad SMARTS) is 1. The number of ether oxygens (including phenoxy) is 2. The van der Waals surface area contributed by atoms with Crippen molar-refractivity contribution < 1.29 is 29.0 Å². The van der Waals surface area contributed by atoms with E-state index in [2.05, 4.69) is 0 Å². The summed E-state index contributed by atoms with van der Waals surface area (Å²) in [6.07, 6.45) is 4.73. The van der Waals surface area contributed by atoms with Crippen LogP contribution < -0.4 is 16.3 Å². The molecule has 4 rings (SSSR count). The molecule has 2 amide bonds. The van der Waals surface area contributed by atoms with Crippen molar-refractivity contribution in [1.82, 2.24) is 14.8 Å². The van der Waals surface area contributed by atoms with Gasteiger partial charge in [0.2, 0.25) is 11.8 Å². The number of amides is 2. The third kappa shape index (κ3) is 6.48. The topological polar surface area (TPSA) is 152 Å². The van der Waals surface area contributed by atoms with E-state index in [9.17, 15) is 19.5 Å². The predicted octanol–water partition coefficient (Wildman–Crippen LogP) is 3.06. The van der Waals surface area contributed by atoms with Gasteiger partial charge in [-0.15, -0.1) is 0 Å². The average molecular weight is 606 g/mol. The number of hydrazine groups is 1. The molecule has 1 aromatic rings. The van der Waals surface area contributed by atoms with Crippen LogP contribution in [0.4, 0.5) is 0 Å². The highest BCUT2D eigenvalue weighted by Gasteiger charge is 2.50. The van der Waals surface area contributed by atoms with Gasteiger partial charge >= 0.3 is 5.97 Å². The summed E-state index contributed by atoms with van der Waals surface area (Å²) in [6, 6.07) is 2.99. The zero-order valence-electron chi connectivity index (χ0n) is 24.9. The number of nitrogens with two attached hydrogens (primary N) is 2. The van der Waals surface area contributed by atoms with E-state index in [-0.39, 0.29) is 25.0 Å². The van der Waals surface area contributed by atoms with Gasteiger partial charge in [-0.1, -0.05) is 24.4 Å². The Kier molecular flexibility index (Phi) is 10.3. The van der Waals surface area contributed by atoms with Crippen molar-refractivity contribution in [2.45, 2.75) is 64.3 Å². The number of aliphatic carboxylic acids is 1. The molecule has 2 aliphatic heterocycles. The van der Waals surface area contributed by atoms with Gasteiger partial charge in [-0.05, 0) is 50.3 Å². The van der Waals surface area contributed by atoms with E-state index in [0.717, 1.165) is 30.4 Å². The minimum Gasteiger partial charge on any atom is -0.487 e. The Labute approximate surface area is 252 Å². The molecular weight excluding hydrogens is 562 g/mol. The van der Waals surface area contributed by atoms with Gasteiger partial charge in [0.25, 0.3) is 0 Å². The van der Waals surface area contributed by atoms with Crippen LogP contribution in [-0.2, 0) is 25.5 Å². The fourth-order valence-electron chi connectivity index (χ4n) is 6.65. The lowest BCUT2D eigenvalue weighted by Crippen LogP contribution is -2.52.